The first kappa shape index (κ1) is 16.8. The van der Waals surface area contributed by atoms with Gasteiger partial charge in [0.05, 0.1) is 0 Å². The van der Waals surface area contributed by atoms with Gasteiger partial charge in [-0.3, -0.25) is 0 Å². The van der Waals surface area contributed by atoms with Gasteiger partial charge in [0.25, 0.3) is 0 Å². The SMILES string of the molecule is C[C@@H](N)CC[C@@H](C)N.Cl.Cl. The maximum absolute atomic E-state index is 5.49. The minimum atomic E-state index is 0. The van der Waals surface area contributed by atoms with Gasteiger partial charge >= 0.3 is 0 Å². The molecule has 4 N–H and O–H groups in total. The number of hydrogen-bond acceptors (Lipinski definition) is 2. The van der Waals surface area contributed by atoms with Crippen LogP contribution in [-0.4, -0.2) is 12.1 Å². The highest BCUT2D eigenvalue weighted by Crippen LogP contribution is 1.95. The van der Waals surface area contributed by atoms with E-state index in [9.17, 15) is 0 Å². The molecule has 0 heterocycles. The van der Waals surface area contributed by atoms with Crippen LogP contribution in [0.3, 0.4) is 0 Å². The molecular weight excluding hydrogens is 171 g/mol. The lowest BCUT2D eigenvalue weighted by Crippen LogP contribution is -2.21. The zero-order chi connectivity index (χ0) is 6.57. The minimum absolute atomic E-state index is 0. The van der Waals surface area contributed by atoms with Crippen LogP contribution in [0.1, 0.15) is 26.7 Å². The Morgan fingerprint density at radius 3 is 1.20 bits per heavy atom. The summed E-state index contributed by atoms with van der Waals surface area (Å²) in [5.74, 6) is 0. The molecule has 0 rings (SSSR count). The lowest BCUT2D eigenvalue weighted by molar-refractivity contribution is 0.564. The number of rotatable bonds is 3. The van der Waals surface area contributed by atoms with Crippen molar-refractivity contribution in [3.63, 3.8) is 0 Å². The van der Waals surface area contributed by atoms with Gasteiger partial charge in [-0.05, 0) is 26.7 Å². The molecule has 0 saturated carbocycles. The van der Waals surface area contributed by atoms with E-state index in [2.05, 4.69) is 0 Å². The van der Waals surface area contributed by atoms with Crippen LogP contribution in [0, 0.1) is 0 Å². The molecular formula is C6H18Cl2N2. The summed E-state index contributed by atoms with van der Waals surface area (Å²) in [6.07, 6.45) is 2.08. The molecule has 0 aliphatic carbocycles. The van der Waals surface area contributed by atoms with Crippen LogP contribution in [0.5, 0.6) is 0 Å². The second-order valence-electron chi connectivity index (χ2n) is 2.53. The summed E-state index contributed by atoms with van der Waals surface area (Å²) in [5.41, 5.74) is 11.0. The Morgan fingerprint density at radius 2 is 1.10 bits per heavy atom. The zero-order valence-electron chi connectivity index (χ0n) is 6.54. The fraction of sp³-hybridized carbons (Fsp3) is 1.00. The summed E-state index contributed by atoms with van der Waals surface area (Å²) in [6.45, 7) is 4.00. The van der Waals surface area contributed by atoms with E-state index in [1.807, 2.05) is 13.8 Å². The molecule has 0 spiro atoms. The van der Waals surface area contributed by atoms with Gasteiger partial charge < -0.3 is 11.5 Å². The van der Waals surface area contributed by atoms with Crippen molar-refractivity contribution in [3.05, 3.63) is 0 Å². The largest absolute Gasteiger partial charge is 0.328 e. The van der Waals surface area contributed by atoms with Crippen molar-refractivity contribution in [3.8, 4) is 0 Å². The van der Waals surface area contributed by atoms with Crippen molar-refractivity contribution in [2.75, 3.05) is 0 Å². The maximum atomic E-state index is 5.49. The fourth-order valence-corrected chi connectivity index (χ4v) is 0.526. The second kappa shape index (κ2) is 9.50. The topological polar surface area (TPSA) is 52.0 Å². The van der Waals surface area contributed by atoms with Gasteiger partial charge in [0, 0.05) is 12.1 Å². The van der Waals surface area contributed by atoms with Crippen LogP contribution in [-0.2, 0) is 0 Å². The third kappa shape index (κ3) is 15.8. The van der Waals surface area contributed by atoms with Crippen molar-refractivity contribution in [1.29, 1.82) is 0 Å². The Balaban J connectivity index is -0.000000245. The Kier molecular flexibility index (Phi) is 16.0. The molecule has 0 unspecified atom stereocenters. The number of halogens is 2. The first-order valence-corrected chi connectivity index (χ1v) is 3.14. The molecule has 2 atom stereocenters. The second-order valence-corrected chi connectivity index (χ2v) is 2.53. The predicted octanol–water partition coefficient (Wildman–Crippen LogP) is 1.30. The highest BCUT2D eigenvalue weighted by atomic mass is 35.5. The quantitative estimate of drug-likeness (QED) is 0.703. The molecule has 0 aromatic carbocycles. The van der Waals surface area contributed by atoms with E-state index < -0.39 is 0 Å². The number of hydrogen-bond donors (Lipinski definition) is 2. The Bertz CT molecular complexity index is 49.7. The molecule has 0 bridgehead atoms. The lowest BCUT2D eigenvalue weighted by Gasteiger charge is -2.06. The molecule has 0 radical (unpaired) electrons. The molecule has 10 heavy (non-hydrogen) atoms. The van der Waals surface area contributed by atoms with Crippen molar-refractivity contribution in [2.45, 2.75) is 38.8 Å². The molecule has 66 valence electrons. The summed E-state index contributed by atoms with van der Waals surface area (Å²) in [7, 11) is 0. The third-order valence-electron chi connectivity index (χ3n) is 1.08. The smallest absolute Gasteiger partial charge is 0.00110 e. The van der Waals surface area contributed by atoms with E-state index in [1.165, 1.54) is 0 Å². The molecule has 0 aromatic heterocycles. The van der Waals surface area contributed by atoms with Gasteiger partial charge in [-0.2, -0.15) is 0 Å². The number of nitrogens with two attached hydrogens (primary N) is 2. The first-order valence-electron chi connectivity index (χ1n) is 3.14. The van der Waals surface area contributed by atoms with E-state index in [1.54, 1.807) is 0 Å². The first-order chi connectivity index (χ1) is 3.63. The summed E-state index contributed by atoms with van der Waals surface area (Å²) < 4.78 is 0. The predicted molar refractivity (Wildman–Crippen MR) is 51.0 cm³/mol. The summed E-state index contributed by atoms with van der Waals surface area (Å²) in [5, 5.41) is 0. The van der Waals surface area contributed by atoms with E-state index >= 15 is 0 Å². The summed E-state index contributed by atoms with van der Waals surface area (Å²) >= 11 is 0. The molecule has 0 saturated heterocycles. The van der Waals surface area contributed by atoms with E-state index in [4.69, 9.17) is 11.5 Å². The Morgan fingerprint density at radius 1 is 0.900 bits per heavy atom. The van der Waals surface area contributed by atoms with Gasteiger partial charge in [0.15, 0.2) is 0 Å². The average Bonchev–Trinajstić information content (AvgIpc) is 1.61. The maximum Gasteiger partial charge on any atom is 0.00110 e. The standard InChI is InChI=1S/C6H16N2.2ClH/c1-5(7)3-4-6(2)8;;/h5-6H,3-4,7-8H2,1-2H3;2*1H/t5-,6-;;/m1../s1. The average molecular weight is 189 g/mol. The normalized spacial score (nSPS) is 14.4. The zero-order valence-corrected chi connectivity index (χ0v) is 8.17. The third-order valence-corrected chi connectivity index (χ3v) is 1.08. The van der Waals surface area contributed by atoms with Gasteiger partial charge in [0.2, 0.25) is 0 Å². The molecule has 4 heteroatoms. The van der Waals surface area contributed by atoms with Crippen LogP contribution < -0.4 is 11.5 Å². The van der Waals surface area contributed by atoms with Gasteiger partial charge in [-0.25, -0.2) is 0 Å². The van der Waals surface area contributed by atoms with Crippen molar-refractivity contribution < 1.29 is 0 Å². The molecule has 0 amide bonds. The van der Waals surface area contributed by atoms with Gasteiger partial charge in [0.1, 0.15) is 0 Å². The van der Waals surface area contributed by atoms with E-state index in [0.717, 1.165) is 12.8 Å². The van der Waals surface area contributed by atoms with Crippen LogP contribution in [0.15, 0.2) is 0 Å². The van der Waals surface area contributed by atoms with Crippen molar-refractivity contribution in [1.82, 2.24) is 0 Å². The van der Waals surface area contributed by atoms with E-state index in [-0.39, 0.29) is 24.8 Å². The molecule has 0 aromatic rings. The van der Waals surface area contributed by atoms with Gasteiger partial charge in [-0.15, -0.1) is 24.8 Å². The molecule has 2 nitrogen and oxygen atoms in total. The van der Waals surface area contributed by atoms with Crippen molar-refractivity contribution in [2.24, 2.45) is 11.5 Å². The van der Waals surface area contributed by atoms with Gasteiger partial charge in [-0.1, -0.05) is 0 Å². The highest BCUT2D eigenvalue weighted by Gasteiger charge is 1.96. The Labute approximate surface area is 75.5 Å². The monoisotopic (exact) mass is 188 g/mol. The molecule has 0 aliphatic heterocycles. The Hall–Kier alpha value is 0.500. The minimum Gasteiger partial charge on any atom is -0.328 e. The summed E-state index contributed by atoms with van der Waals surface area (Å²) in [6, 6.07) is 0.613. The van der Waals surface area contributed by atoms with Crippen molar-refractivity contribution >= 4 is 24.8 Å². The van der Waals surface area contributed by atoms with Crippen LogP contribution in [0.2, 0.25) is 0 Å². The van der Waals surface area contributed by atoms with Crippen LogP contribution in [0.25, 0.3) is 0 Å². The van der Waals surface area contributed by atoms with Crippen LogP contribution in [0.4, 0.5) is 0 Å². The molecule has 0 aliphatic rings. The fourth-order valence-electron chi connectivity index (χ4n) is 0.526. The highest BCUT2D eigenvalue weighted by molar-refractivity contribution is 5.85. The lowest BCUT2D eigenvalue weighted by atomic mass is 10.1. The summed E-state index contributed by atoms with van der Waals surface area (Å²) in [4.78, 5) is 0. The van der Waals surface area contributed by atoms with Crippen LogP contribution >= 0.6 is 24.8 Å². The molecule has 0 fully saturated rings. The van der Waals surface area contributed by atoms with E-state index in [0.29, 0.717) is 12.1 Å².